The van der Waals surface area contributed by atoms with Crippen molar-refractivity contribution >= 4 is 11.3 Å². The van der Waals surface area contributed by atoms with Crippen molar-refractivity contribution in [3.05, 3.63) is 51.5 Å². The van der Waals surface area contributed by atoms with Crippen LogP contribution in [0.5, 0.6) is 0 Å². The van der Waals surface area contributed by atoms with Crippen LogP contribution in [0.1, 0.15) is 21.7 Å². The summed E-state index contributed by atoms with van der Waals surface area (Å²) in [6.07, 6.45) is 3.24. The van der Waals surface area contributed by atoms with Gasteiger partial charge in [0.05, 0.1) is 6.42 Å². The Kier molecular flexibility index (Phi) is 4.92. The molecule has 16 heavy (non-hydrogen) atoms. The van der Waals surface area contributed by atoms with E-state index in [1.807, 2.05) is 11.3 Å². The van der Waals surface area contributed by atoms with Crippen molar-refractivity contribution in [2.45, 2.75) is 20.3 Å². The number of pyridine rings is 1. The van der Waals surface area contributed by atoms with Crippen molar-refractivity contribution in [2.75, 3.05) is 0 Å². The summed E-state index contributed by atoms with van der Waals surface area (Å²) >= 11 is 1.82. The molecule has 0 aliphatic rings. The summed E-state index contributed by atoms with van der Waals surface area (Å²) in [5, 5.41) is 2.14. The lowest BCUT2D eigenvalue weighted by molar-refractivity contribution is -0.679. The SMILES string of the molecule is Cc1cc(Cc2cccs2)[n+](C)cc1C.[I-]. The number of aromatic nitrogens is 1. The fraction of sp³-hybridized carbons (Fsp3) is 0.308. The quantitative estimate of drug-likeness (QED) is 0.524. The van der Waals surface area contributed by atoms with Gasteiger partial charge in [-0.1, -0.05) is 6.07 Å². The van der Waals surface area contributed by atoms with Gasteiger partial charge in [-0.2, -0.15) is 0 Å². The zero-order chi connectivity index (χ0) is 10.8. The molecule has 0 spiro atoms. The number of halogens is 1. The highest BCUT2D eigenvalue weighted by atomic mass is 127. The van der Waals surface area contributed by atoms with Crippen molar-refractivity contribution < 1.29 is 28.5 Å². The molecule has 2 aromatic heterocycles. The van der Waals surface area contributed by atoms with Crippen molar-refractivity contribution in [3.8, 4) is 0 Å². The molecule has 0 N–H and O–H groups in total. The Morgan fingerprint density at radius 3 is 2.62 bits per heavy atom. The number of hydrogen-bond donors (Lipinski definition) is 0. The second-order valence-electron chi connectivity index (χ2n) is 4.00. The summed E-state index contributed by atoms with van der Waals surface area (Å²) in [6, 6.07) is 6.59. The number of thiophene rings is 1. The lowest BCUT2D eigenvalue weighted by Gasteiger charge is -2.02. The van der Waals surface area contributed by atoms with E-state index in [1.165, 1.54) is 21.7 Å². The lowest BCUT2D eigenvalue weighted by atomic mass is 10.1. The average molecular weight is 345 g/mol. The van der Waals surface area contributed by atoms with Crippen LogP contribution in [0.15, 0.2) is 29.8 Å². The van der Waals surface area contributed by atoms with Crippen LogP contribution in [-0.4, -0.2) is 0 Å². The van der Waals surface area contributed by atoms with Crippen molar-refractivity contribution in [1.29, 1.82) is 0 Å². The van der Waals surface area contributed by atoms with Gasteiger partial charge >= 0.3 is 0 Å². The number of aryl methyl sites for hydroxylation is 3. The van der Waals surface area contributed by atoms with E-state index in [0.717, 1.165) is 6.42 Å². The Morgan fingerprint density at radius 1 is 1.25 bits per heavy atom. The molecule has 1 nitrogen and oxygen atoms in total. The molecule has 3 heteroatoms. The third-order valence-electron chi connectivity index (χ3n) is 2.78. The van der Waals surface area contributed by atoms with E-state index < -0.39 is 0 Å². The van der Waals surface area contributed by atoms with E-state index >= 15 is 0 Å². The number of rotatable bonds is 2. The van der Waals surface area contributed by atoms with Gasteiger partial charge in [-0.3, -0.25) is 0 Å². The third-order valence-corrected chi connectivity index (χ3v) is 3.66. The molecule has 0 aliphatic heterocycles. The standard InChI is InChI=1S/C13H16NS.HI/c1-10-7-12(14(3)9-11(10)2)8-13-5-4-6-15-13;/h4-7,9H,8H2,1-3H3;1H/q+1;/p-1. The third kappa shape index (κ3) is 3.04. The molecule has 0 saturated carbocycles. The first-order valence-corrected chi connectivity index (χ1v) is 6.03. The zero-order valence-corrected chi connectivity index (χ0v) is 12.8. The summed E-state index contributed by atoms with van der Waals surface area (Å²) in [5.74, 6) is 0. The molecular weight excluding hydrogens is 329 g/mol. The highest BCUT2D eigenvalue weighted by Crippen LogP contribution is 2.14. The maximum atomic E-state index is 2.29. The Hall–Kier alpha value is -0.420. The molecule has 0 aliphatic carbocycles. The molecule has 0 atom stereocenters. The van der Waals surface area contributed by atoms with Gasteiger partial charge < -0.3 is 24.0 Å². The Morgan fingerprint density at radius 2 is 2.00 bits per heavy atom. The minimum atomic E-state index is 0. The van der Waals surface area contributed by atoms with Crippen LogP contribution < -0.4 is 28.5 Å². The van der Waals surface area contributed by atoms with Crippen molar-refractivity contribution in [2.24, 2.45) is 7.05 Å². The van der Waals surface area contributed by atoms with Gasteiger partial charge in [0.25, 0.3) is 0 Å². The summed E-state index contributed by atoms with van der Waals surface area (Å²) in [6.45, 7) is 4.33. The van der Waals surface area contributed by atoms with Gasteiger partial charge in [0, 0.05) is 16.5 Å². The predicted molar refractivity (Wildman–Crippen MR) is 64.2 cm³/mol. The fourth-order valence-electron chi connectivity index (χ4n) is 1.71. The van der Waals surface area contributed by atoms with E-state index in [2.05, 4.69) is 55.2 Å². The second-order valence-corrected chi connectivity index (χ2v) is 5.03. The maximum Gasteiger partial charge on any atom is 0.186 e. The maximum absolute atomic E-state index is 2.29. The van der Waals surface area contributed by atoms with Gasteiger partial charge in [-0.05, 0) is 30.9 Å². The molecule has 2 rings (SSSR count). The first kappa shape index (κ1) is 13.6. The molecule has 0 unspecified atom stereocenters. The normalized spacial score (nSPS) is 9.94. The first-order chi connectivity index (χ1) is 7.16. The summed E-state index contributed by atoms with van der Waals surface area (Å²) in [7, 11) is 2.12. The zero-order valence-electron chi connectivity index (χ0n) is 9.83. The minimum Gasteiger partial charge on any atom is -1.00 e. The molecule has 0 fully saturated rings. The topological polar surface area (TPSA) is 3.88 Å². The highest BCUT2D eigenvalue weighted by Gasteiger charge is 2.10. The summed E-state index contributed by atoms with van der Waals surface area (Å²) in [4.78, 5) is 1.42. The van der Waals surface area contributed by atoms with Crippen LogP contribution >= 0.6 is 11.3 Å². The van der Waals surface area contributed by atoms with Gasteiger partial charge in [-0.25, -0.2) is 4.57 Å². The Balaban J connectivity index is 0.00000128. The van der Waals surface area contributed by atoms with E-state index in [-0.39, 0.29) is 24.0 Å². The lowest BCUT2D eigenvalue weighted by Crippen LogP contribution is -3.00. The number of nitrogens with zero attached hydrogens (tertiary/aromatic N) is 1. The van der Waals surface area contributed by atoms with Crippen molar-refractivity contribution in [3.63, 3.8) is 0 Å². The van der Waals surface area contributed by atoms with Crippen LogP contribution in [0.2, 0.25) is 0 Å². The molecule has 0 radical (unpaired) electrons. The summed E-state index contributed by atoms with van der Waals surface area (Å²) < 4.78 is 2.22. The van der Waals surface area contributed by atoms with E-state index in [0.29, 0.717) is 0 Å². The van der Waals surface area contributed by atoms with Crippen LogP contribution in [0, 0.1) is 13.8 Å². The van der Waals surface area contributed by atoms with Gasteiger partial charge in [0.15, 0.2) is 11.9 Å². The molecule has 86 valence electrons. The first-order valence-electron chi connectivity index (χ1n) is 5.15. The van der Waals surface area contributed by atoms with Gasteiger partial charge in [0.2, 0.25) is 0 Å². The van der Waals surface area contributed by atoms with Crippen LogP contribution in [0.4, 0.5) is 0 Å². The van der Waals surface area contributed by atoms with Gasteiger partial charge in [-0.15, -0.1) is 11.3 Å². The molecule has 0 bridgehead atoms. The van der Waals surface area contributed by atoms with Crippen molar-refractivity contribution in [1.82, 2.24) is 0 Å². The van der Waals surface area contributed by atoms with Gasteiger partial charge in [0.1, 0.15) is 7.05 Å². The molecule has 0 aromatic carbocycles. The molecular formula is C13H16INS. The largest absolute Gasteiger partial charge is 1.00 e. The molecule has 0 saturated heterocycles. The van der Waals surface area contributed by atoms with E-state index in [1.54, 1.807) is 0 Å². The molecule has 0 amide bonds. The highest BCUT2D eigenvalue weighted by molar-refractivity contribution is 7.09. The van der Waals surface area contributed by atoms with E-state index in [9.17, 15) is 0 Å². The monoisotopic (exact) mass is 345 g/mol. The average Bonchev–Trinajstić information content (AvgIpc) is 2.67. The predicted octanol–water partition coefficient (Wildman–Crippen LogP) is -0.216. The van der Waals surface area contributed by atoms with Crippen LogP contribution in [0.25, 0.3) is 0 Å². The molecule has 2 heterocycles. The summed E-state index contributed by atoms with van der Waals surface area (Å²) in [5.41, 5.74) is 4.10. The Labute approximate surface area is 118 Å². The Bertz CT molecular complexity index is 463. The van der Waals surface area contributed by atoms with Crippen LogP contribution in [0.3, 0.4) is 0 Å². The van der Waals surface area contributed by atoms with Crippen LogP contribution in [-0.2, 0) is 13.5 Å². The fourth-order valence-corrected chi connectivity index (χ4v) is 2.43. The number of hydrogen-bond acceptors (Lipinski definition) is 1. The van der Waals surface area contributed by atoms with E-state index in [4.69, 9.17) is 0 Å². The molecule has 2 aromatic rings. The smallest absolute Gasteiger partial charge is 0.186 e. The minimum absolute atomic E-state index is 0. The second kappa shape index (κ2) is 5.77.